The molecule has 0 atom stereocenters. The zero-order valence-electron chi connectivity index (χ0n) is 8.26. The zero-order valence-corrected chi connectivity index (χ0v) is 9.02. The molecule has 88 valence electrons. The molecule has 0 radical (unpaired) electrons. The minimum Gasteiger partial charge on any atom is -0.330 e. The van der Waals surface area contributed by atoms with E-state index in [0.29, 0.717) is 18.5 Å². The van der Waals surface area contributed by atoms with Crippen molar-refractivity contribution in [3.63, 3.8) is 0 Å². The van der Waals surface area contributed by atoms with Crippen LogP contribution in [0.4, 0.5) is 13.2 Å². The van der Waals surface area contributed by atoms with Crippen LogP contribution in [0.25, 0.3) is 6.08 Å². The standard InChI is InChI=1S/C10H10ClF3N2/c11-9-8(10(12,13)14)5-7(6-16-9)3-1-2-4-15/h1,3,5-6H,2,4,15H2. The number of rotatable bonds is 3. The third-order valence-electron chi connectivity index (χ3n) is 1.81. The summed E-state index contributed by atoms with van der Waals surface area (Å²) in [4.78, 5) is 3.49. The van der Waals surface area contributed by atoms with E-state index < -0.39 is 16.9 Å². The summed E-state index contributed by atoms with van der Waals surface area (Å²) >= 11 is 5.37. The van der Waals surface area contributed by atoms with Crippen LogP contribution in [-0.4, -0.2) is 11.5 Å². The van der Waals surface area contributed by atoms with Gasteiger partial charge in [0.2, 0.25) is 0 Å². The molecule has 0 saturated carbocycles. The fourth-order valence-electron chi connectivity index (χ4n) is 1.07. The summed E-state index contributed by atoms with van der Waals surface area (Å²) in [5, 5.41) is -0.538. The fourth-order valence-corrected chi connectivity index (χ4v) is 1.28. The van der Waals surface area contributed by atoms with Gasteiger partial charge in [0.25, 0.3) is 0 Å². The Labute approximate surface area is 95.9 Å². The number of alkyl halides is 3. The number of halogens is 4. The van der Waals surface area contributed by atoms with Gasteiger partial charge in [-0.3, -0.25) is 0 Å². The Morgan fingerprint density at radius 2 is 2.12 bits per heavy atom. The maximum atomic E-state index is 12.4. The summed E-state index contributed by atoms with van der Waals surface area (Å²) in [7, 11) is 0. The number of aromatic nitrogens is 1. The second kappa shape index (κ2) is 5.32. The highest BCUT2D eigenvalue weighted by molar-refractivity contribution is 6.30. The van der Waals surface area contributed by atoms with Crippen molar-refractivity contribution in [3.05, 3.63) is 34.6 Å². The van der Waals surface area contributed by atoms with E-state index in [1.54, 1.807) is 6.08 Å². The minimum absolute atomic E-state index is 0.352. The van der Waals surface area contributed by atoms with Crippen LogP contribution in [0.2, 0.25) is 5.15 Å². The Hall–Kier alpha value is -1.07. The van der Waals surface area contributed by atoms with Gasteiger partial charge in [-0.2, -0.15) is 13.2 Å². The molecule has 0 saturated heterocycles. The highest BCUT2D eigenvalue weighted by atomic mass is 35.5. The summed E-state index contributed by atoms with van der Waals surface area (Å²) in [5.41, 5.74) is 4.67. The van der Waals surface area contributed by atoms with Crippen molar-refractivity contribution in [1.82, 2.24) is 4.98 Å². The van der Waals surface area contributed by atoms with Crippen molar-refractivity contribution in [1.29, 1.82) is 0 Å². The SMILES string of the molecule is NCCC=Cc1cnc(Cl)c(C(F)(F)F)c1. The van der Waals surface area contributed by atoms with Gasteiger partial charge in [-0.15, -0.1) is 0 Å². The molecule has 1 aromatic heterocycles. The van der Waals surface area contributed by atoms with E-state index in [1.807, 2.05) is 0 Å². The lowest BCUT2D eigenvalue weighted by atomic mass is 10.2. The highest BCUT2D eigenvalue weighted by Crippen LogP contribution is 2.34. The molecule has 0 spiro atoms. The molecule has 0 aliphatic rings. The molecule has 1 aromatic rings. The van der Waals surface area contributed by atoms with E-state index in [9.17, 15) is 13.2 Å². The van der Waals surface area contributed by atoms with E-state index in [1.165, 1.54) is 12.3 Å². The molecule has 0 aliphatic heterocycles. The normalized spacial score (nSPS) is 12.3. The number of pyridine rings is 1. The molecule has 0 bridgehead atoms. The Kier molecular flexibility index (Phi) is 4.32. The van der Waals surface area contributed by atoms with Gasteiger partial charge in [0, 0.05) is 6.20 Å². The summed E-state index contributed by atoms with van der Waals surface area (Å²) in [6, 6.07) is 0.961. The van der Waals surface area contributed by atoms with Crippen LogP contribution in [-0.2, 0) is 6.18 Å². The fraction of sp³-hybridized carbons (Fsp3) is 0.300. The maximum absolute atomic E-state index is 12.4. The summed E-state index contributed by atoms with van der Waals surface area (Å²) < 4.78 is 37.3. The van der Waals surface area contributed by atoms with Crippen LogP contribution in [0.5, 0.6) is 0 Å². The average Bonchev–Trinajstić information content (AvgIpc) is 2.19. The van der Waals surface area contributed by atoms with Crippen molar-refractivity contribution in [2.75, 3.05) is 6.54 Å². The first-order chi connectivity index (χ1) is 7.45. The molecule has 16 heavy (non-hydrogen) atoms. The molecular weight excluding hydrogens is 241 g/mol. The van der Waals surface area contributed by atoms with Gasteiger partial charge in [0.1, 0.15) is 5.15 Å². The van der Waals surface area contributed by atoms with Crippen molar-refractivity contribution >= 4 is 17.7 Å². The van der Waals surface area contributed by atoms with E-state index in [-0.39, 0.29) is 0 Å². The lowest BCUT2D eigenvalue weighted by Crippen LogP contribution is -2.07. The molecule has 0 amide bonds. The van der Waals surface area contributed by atoms with Crippen LogP contribution < -0.4 is 5.73 Å². The molecule has 0 fully saturated rings. The van der Waals surface area contributed by atoms with Gasteiger partial charge in [0.15, 0.2) is 0 Å². The van der Waals surface area contributed by atoms with E-state index in [2.05, 4.69) is 4.98 Å². The average molecular weight is 251 g/mol. The minimum atomic E-state index is -4.48. The van der Waals surface area contributed by atoms with Crippen LogP contribution >= 0.6 is 11.6 Å². The van der Waals surface area contributed by atoms with Gasteiger partial charge in [-0.1, -0.05) is 23.8 Å². The number of nitrogens with two attached hydrogens (primary N) is 1. The first kappa shape index (κ1) is 13.0. The molecule has 1 rings (SSSR count). The summed E-state index contributed by atoms with van der Waals surface area (Å²) in [5.74, 6) is 0. The largest absolute Gasteiger partial charge is 0.419 e. The molecule has 2 nitrogen and oxygen atoms in total. The Bertz CT molecular complexity index is 388. The molecule has 2 N–H and O–H groups in total. The van der Waals surface area contributed by atoms with E-state index >= 15 is 0 Å². The van der Waals surface area contributed by atoms with Crippen molar-refractivity contribution < 1.29 is 13.2 Å². The van der Waals surface area contributed by atoms with E-state index in [4.69, 9.17) is 17.3 Å². The van der Waals surface area contributed by atoms with Gasteiger partial charge >= 0.3 is 6.18 Å². The van der Waals surface area contributed by atoms with Crippen molar-refractivity contribution in [3.8, 4) is 0 Å². The maximum Gasteiger partial charge on any atom is 0.419 e. The molecule has 1 heterocycles. The molecule has 6 heteroatoms. The van der Waals surface area contributed by atoms with Crippen molar-refractivity contribution in [2.45, 2.75) is 12.6 Å². The Morgan fingerprint density at radius 3 is 2.69 bits per heavy atom. The lowest BCUT2D eigenvalue weighted by molar-refractivity contribution is -0.137. The van der Waals surface area contributed by atoms with E-state index in [0.717, 1.165) is 6.07 Å². The highest BCUT2D eigenvalue weighted by Gasteiger charge is 2.33. The number of nitrogens with zero attached hydrogens (tertiary/aromatic N) is 1. The summed E-state index contributed by atoms with van der Waals surface area (Å²) in [6.07, 6.45) is 0.618. The third kappa shape index (κ3) is 3.50. The number of hydrogen-bond acceptors (Lipinski definition) is 2. The topological polar surface area (TPSA) is 38.9 Å². The van der Waals surface area contributed by atoms with Gasteiger partial charge < -0.3 is 5.73 Å². The van der Waals surface area contributed by atoms with Crippen LogP contribution in [0.1, 0.15) is 17.5 Å². The monoisotopic (exact) mass is 250 g/mol. The Morgan fingerprint density at radius 1 is 1.44 bits per heavy atom. The van der Waals surface area contributed by atoms with Gasteiger partial charge in [-0.25, -0.2) is 4.98 Å². The Balaban J connectivity index is 2.99. The zero-order chi connectivity index (χ0) is 12.2. The van der Waals surface area contributed by atoms with Crippen molar-refractivity contribution in [2.24, 2.45) is 5.73 Å². The molecule has 0 aliphatic carbocycles. The first-order valence-electron chi connectivity index (χ1n) is 4.54. The molecule has 0 unspecified atom stereocenters. The second-order valence-corrected chi connectivity index (χ2v) is 3.44. The number of hydrogen-bond donors (Lipinski definition) is 1. The molecule has 0 aromatic carbocycles. The van der Waals surface area contributed by atoms with Gasteiger partial charge in [-0.05, 0) is 24.6 Å². The van der Waals surface area contributed by atoms with Crippen LogP contribution in [0, 0.1) is 0 Å². The predicted molar refractivity (Wildman–Crippen MR) is 57.0 cm³/mol. The van der Waals surface area contributed by atoms with Crippen LogP contribution in [0.15, 0.2) is 18.3 Å². The third-order valence-corrected chi connectivity index (χ3v) is 2.11. The molecular formula is C10H10ClF3N2. The van der Waals surface area contributed by atoms with Crippen LogP contribution in [0.3, 0.4) is 0 Å². The van der Waals surface area contributed by atoms with Gasteiger partial charge in [0.05, 0.1) is 5.56 Å². The first-order valence-corrected chi connectivity index (χ1v) is 4.92. The quantitative estimate of drug-likeness (QED) is 0.837. The smallest absolute Gasteiger partial charge is 0.330 e. The predicted octanol–water partition coefficient (Wildman–Crippen LogP) is 3.12. The second-order valence-electron chi connectivity index (χ2n) is 3.08. The lowest BCUT2D eigenvalue weighted by Gasteiger charge is -2.08. The summed E-state index contributed by atoms with van der Waals surface area (Å²) in [6.45, 7) is 0.448.